The van der Waals surface area contributed by atoms with Gasteiger partial charge < -0.3 is 5.11 Å². The quantitative estimate of drug-likeness (QED) is 0.674. The standard InChI is InChI=1S/C13H18ClN5O3/c1-8(14)4-6-19-9-10(16-12(19)15-5-7-20)17(2)13(22)18(3)11(9)21/h4,9,20H,5-7H2,1-3H3/p+1/b8-4-. The number of nitrogens with one attached hydrogen (secondary N) is 1. The Bertz CT molecular complexity index is 594. The first kappa shape index (κ1) is 16.4. The van der Waals surface area contributed by atoms with Crippen LogP contribution in [0.4, 0.5) is 4.79 Å². The van der Waals surface area contributed by atoms with Crippen molar-refractivity contribution in [2.24, 2.45) is 4.99 Å². The number of aliphatic hydroxyl groups excluding tert-OH is 1. The molecule has 2 aliphatic heterocycles. The molecule has 1 unspecified atom stereocenters. The van der Waals surface area contributed by atoms with Gasteiger partial charge in [-0.1, -0.05) is 16.6 Å². The molecule has 0 bridgehead atoms. The van der Waals surface area contributed by atoms with Crippen molar-refractivity contribution < 1.29 is 19.3 Å². The second-order valence-electron chi connectivity index (χ2n) is 5.03. The van der Waals surface area contributed by atoms with Crippen LogP contribution in [0.3, 0.4) is 0 Å². The maximum absolute atomic E-state index is 12.4. The van der Waals surface area contributed by atoms with E-state index in [4.69, 9.17) is 16.7 Å². The van der Waals surface area contributed by atoms with Gasteiger partial charge in [0.2, 0.25) is 11.9 Å². The first-order chi connectivity index (χ1) is 10.4. The van der Waals surface area contributed by atoms with Gasteiger partial charge in [-0.15, -0.1) is 0 Å². The fourth-order valence-corrected chi connectivity index (χ4v) is 2.39. The third kappa shape index (κ3) is 2.84. The maximum Gasteiger partial charge on any atom is 0.390 e. The Hall–Kier alpha value is -1.93. The fraction of sp³-hybridized carbons (Fsp3) is 0.538. The number of nitrogens with zero attached hydrogens (tertiary/aromatic N) is 4. The van der Waals surface area contributed by atoms with Crippen molar-refractivity contribution in [3.05, 3.63) is 11.1 Å². The Balaban J connectivity index is 2.40. The van der Waals surface area contributed by atoms with E-state index < -0.39 is 12.1 Å². The predicted octanol–water partition coefficient (Wildman–Crippen LogP) is -0.616. The van der Waals surface area contributed by atoms with Crippen molar-refractivity contribution in [2.75, 3.05) is 33.8 Å². The molecule has 1 atom stereocenters. The molecule has 0 spiro atoms. The van der Waals surface area contributed by atoms with E-state index >= 15 is 0 Å². The molecule has 0 aromatic rings. The Morgan fingerprint density at radius 1 is 1.45 bits per heavy atom. The molecule has 2 aliphatic rings. The van der Waals surface area contributed by atoms with Crippen LogP contribution in [-0.4, -0.2) is 83.0 Å². The third-order valence-corrected chi connectivity index (χ3v) is 3.65. The lowest BCUT2D eigenvalue weighted by Crippen LogP contribution is -2.61. The summed E-state index contributed by atoms with van der Waals surface area (Å²) in [6, 6.07) is -1.10. The molecule has 0 aromatic carbocycles. The van der Waals surface area contributed by atoms with Gasteiger partial charge in [0.1, 0.15) is 0 Å². The smallest absolute Gasteiger partial charge is 0.390 e. The number of aliphatic hydroxyl groups is 1. The summed E-state index contributed by atoms with van der Waals surface area (Å²) in [5.74, 6) is 0.462. The van der Waals surface area contributed by atoms with Gasteiger partial charge in [0.25, 0.3) is 5.91 Å². The van der Waals surface area contributed by atoms with Crippen LogP contribution >= 0.6 is 11.6 Å². The number of amidine groups is 1. The SMILES string of the molecule is C/C(Cl)=C/C[N+]1=C(NCCO)N=C2C1C(=O)N(C)C(=O)N2C. The van der Waals surface area contributed by atoms with Crippen molar-refractivity contribution >= 4 is 35.3 Å². The van der Waals surface area contributed by atoms with Crippen LogP contribution in [0, 0.1) is 0 Å². The van der Waals surface area contributed by atoms with Gasteiger partial charge in [0, 0.05) is 19.1 Å². The number of carbonyl (C=O) groups is 2. The summed E-state index contributed by atoms with van der Waals surface area (Å²) >= 11 is 5.87. The molecule has 0 saturated carbocycles. The zero-order chi connectivity index (χ0) is 16.4. The number of guanidine groups is 1. The van der Waals surface area contributed by atoms with Gasteiger partial charge in [-0.2, -0.15) is 0 Å². The highest BCUT2D eigenvalue weighted by Gasteiger charge is 2.51. The lowest BCUT2D eigenvalue weighted by molar-refractivity contribution is -0.527. The largest absolute Gasteiger partial charge is 0.393 e. The van der Waals surface area contributed by atoms with Crippen LogP contribution < -0.4 is 5.32 Å². The van der Waals surface area contributed by atoms with Crippen LogP contribution in [0.2, 0.25) is 0 Å². The van der Waals surface area contributed by atoms with Gasteiger partial charge >= 0.3 is 12.0 Å². The highest BCUT2D eigenvalue weighted by Crippen LogP contribution is 2.18. The van der Waals surface area contributed by atoms with E-state index in [2.05, 4.69) is 10.3 Å². The van der Waals surface area contributed by atoms with Gasteiger partial charge in [-0.25, -0.2) is 9.37 Å². The average molecular weight is 329 g/mol. The summed E-state index contributed by atoms with van der Waals surface area (Å²) in [6.45, 7) is 2.33. The molecule has 9 heteroatoms. The topological polar surface area (TPSA) is 88.2 Å². The molecule has 22 heavy (non-hydrogen) atoms. The van der Waals surface area contributed by atoms with E-state index in [1.165, 1.54) is 11.9 Å². The van der Waals surface area contributed by atoms with E-state index in [1.807, 2.05) is 0 Å². The van der Waals surface area contributed by atoms with Gasteiger partial charge in [0.15, 0.2) is 0 Å². The summed E-state index contributed by atoms with van der Waals surface area (Å²) in [5.41, 5.74) is 0. The van der Waals surface area contributed by atoms with Crippen LogP contribution in [0.15, 0.2) is 16.1 Å². The Morgan fingerprint density at radius 3 is 2.73 bits per heavy atom. The summed E-state index contributed by atoms with van der Waals surface area (Å²) in [4.78, 5) is 31.2. The molecule has 1 fully saturated rings. The van der Waals surface area contributed by atoms with E-state index in [-0.39, 0.29) is 12.5 Å². The van der Waals surface area contributed by atoms with Gasteiger partial charge in [0.05, 0.1) is 19.7 Å². The van der Waals surface area contributed by atoms with Crippen LogP contribution in [-0.2, 0) is 4.79 Å². The number of halogens is 1. The monoisotopic (exact) mass is 328 g/mol. The lowest BCUT2D eigenvalue weighted by Gasteiger charge is -2.31. The van der Waals surface area contributed by atoms with E-state index in [0.717, 1.165) is 4.90 Å². The number of aliphatic imine (C=N–C) groups is 1. The molecule has 0 aromatic heterocycles. The van der Waals surface area contributed by atoms with E-state index in [1.54, 1.807) is 24.6 Å². The highest BCUT2D eigenvalue weighted by atomic mass is 35.5. The third-order valence-electron chi connectivity index (χ3n) is 3.49. The molecule has 2 heterocycles. The minimum atomic E-state index is -0.679. The predicted molar refractivity (Wildman–Crippen MR) is 82.0 cm³/mol. The normalized spacial score (nSPS) is 22.3. The number of likely N-dealkylation sites (N-methyl/N-ethyl adjacent to an activating group) is 2. The molecule has 2 rings (SSSR count). The molecule has 120 valence electrons. The van der Waals surface area contributed by atoms with Gasteiger partial charge in [-0.3, -0.25) is 19.9 Å². The van der Waals surface area contributed by atoms with Crippen LogP contribution in [0.1, 0.15) is 6.92 Å². The summed E-state index contributed by atoms with van der Waals surface area (Å²) < 4.78 is 1.72. The number of fused-ring (bicyclic) bond motifs is 1. The number of urea groups is 1. The molecular formula is C13H19ClN5O3+. The summed E-state index contributed by atoms with van der Waals surface area (Å²) in [7, 11) is 3.02. The number of imide groups is 1. The number of hydrogen-bond donors (Lipinski definition) is 2. The zero-order valence-corrected chi connectivity index (χ0v) is 13.5. The first-order valence-corrected chi connectivity index (χ1v) is 7.20. The average Bonchev–Trinajstić information content (AvgIpc) is 2.85. The molecule has 2 N–H and O–H groups in total. The molecule has 0 radical (unpaired) electrons. The number of rotatable bonds is 4. The number of allylic oxidation sites excluding steroid dienone is 1. The minimum Gasteiger partial charge on any atom is -0.393 e. The molecular weight excluding hydrogens is 310 g/mol. The first-order valence-electron chi connectivity index (χ1n) is 6.83. The summed E-state index contributed by atoms with van der Waals surface area (Å²) in [6.07, 6.45) is 1.75. The number of carbonyl (C=O) groups excluding carboxylic acids is 2. The van der Waals surface area contributed by atoms with E-state index in [9.17, 15) is 9.59 Å². The maximum atomic E-state index is 12.4. The van der Waals surface area contributed by atoms with Crippen LogP contribution in [0.5, 0.6) is 0 Å². The second kappa shape index (κ2) is 6.45. The number of hydrogen-bond acceptors (Lipinski definition) is 5. The second-order valence-corrected chi connectivity index (χ2v) is 5.62. The number of amides is 3. The minimum absolute atomic E-state index is 0.0696. The molecule has 3 amide bonds. The van der Waals surface area contributed by atoms with E-state index in [0.29, 0.717) is 29.9 Å². The highest BCUT2D eigenvalue weighted by molar-refractivity contribution is 6.29. The van der Waals surface area contributed by atoms with Crippen LogP contribution in [0.25, 0.3) is 0 Å². The van der Waals surface area contributed by atoms with Crippen molar-refractivity contribution in [3.63, 3.8) is 0 Å². The Labute approximate surface area is 133 Å². The Kier molecular flexibility index (Phi) is 4.82. The molecule has 8 nitrogen and oxygen atoms in total. The zero-order valence-electron chi connectivity index (χ0n) is 12.7. The van der Waals surface area contributed by atoms with Crippen molar-refractivity contribution in [3.8, 4) is 0 Å². The summed E-state index contributed by atoms with van der Waals surface area (Å²) in [5, 5.41) is 12.5. The fourth-order valence-electron chi connectivity index (χ4n) is 2.32. The molecule has 1 saturated heterocycles. The van der Waals surface area contributed by atoms with Gasteiger partial charge in [-0.05, 0) is 13.0 Å². The lowest BCUT2D eigenvalue weighted by atomic mass is 10.1. The van der Waals surface area contributed by atoms with Crippen molar-refractivity contribution in [1.82, 2.24) is 15.1 Å². The van der Waals surface area contributed by atoms with Crippen molar-refractivity contribution in [1.29, 1.82) is 0 Å². The van der Waals surface area contributed by atoms with Crippen molar-refractivity contribution in [2.45, 2.75) is 13.0 Å². The molecule has 0 aliphatic carbocycles. The Morgan fingerprint density at radius 2 is 2.14 bits per heavy atom.